The smallest absolute Gasteiger partial charge is 0.188 e. The molecule has 0 unspecified atom stereocenters. The van der Waals surface area contributed by atoms with Gasteiger partial charge in [0, 0.05) is 30.4 Å². The van der Waals surface area contributed by atoms with Crippen LogP contribution >= 0.6 is 0 Å². The fourth-order valence-corrected chi connectivity index (χ4v) is 3.48. The van der Waals surface area contributed by atoms with Crippen LogP contribution in [0.3, 0.4) is 0 Å². The van der Waals surface area contributed by atoms with E-state index in [2.05, 4.69) is 27.2 Å². The standard InChI is InChI=1S/C23H27F2N5/c1-23(17-4-8-19(24)9-5-17,18-6-10-20(25)11-7-18)12-14-29-22(26)28-13-2-3-21-15-27-16-30-21/h4-11,15-16H,2-3,12-14H2,1H3,(H,27,30)(H3,26,28,29). The van der Waals surface area contributed by atoms with Gasteiger partial charge in [0.1, 0.15) is 11.6 Å². The van der Waals surface area contributed by atoms with Gasteiger partial charge in [-0.2, -0.15) is 0 Å². The van der Waals surface area contributed by atoms with Crippen LogP contribution in [0.5, 0.6) is 0 Å². The second kappa shape index (κ2) is 10.0. The van der Waals surface area contributed by atoms with Crippen molar-refractivity contribution in [3.8, 4) is 0 Å². The van der Waals surface area contributed by atoms with E-state index in [0.717, 1.165) is 29.7 Å². The first kappa shape index (κ1) is 21.5. The maximum absolute atomic E-state index is 13.4. The topological polar surface area (TPSA) is 79.1 Å². The Morgan fingerprint density at radius 1 is 1.07 bits per heavy atom. The SMILES string of the molecule is CC(CCNC(N)=NCCCc1cnc[nH]1)(c1ccc(F)cc1)c1ccc(F)cc1. The quantitative estimate of drug-likeness (QED) is 0.284. The summed E-state index contributed by atoms with van der Waals surface area (Å²) >= 11 is 0. The molecule has 30 heavy (non-hydrogen) atoms. The molecule has 0 amide bonds. The number of aromatic amines is 1. The Hall–Kier alpha value is -3.22. The summed E-state index contributed by atoms with van der Waals surface area (Å²) in [4.78, 5) is 11.4. The second-order valence-electron chi connectivity index (χ2n) is 7.47. The van der Waals surface area contributed by atoms with Crippen LogP contribution in [-0.4, -0.2) is 29.0 Å². The van der Waals surface area contributed by atoms with E-state index in [9.17, 15) is 8.78 Å². The highest BCUT2D eigenvalue weighted by molar-refractivity contribution is 5.77. The molecule has 0 aliphatic rings. The third-order valence-electron chi connectivity index (χ3n) is 5.34. The molecule has 2 aromatic carbocycles. The second-order valence-corrected chi connectivity index (χ2v) is 7.47. The van der Waals surface area contributed by atoms with Gasteiger partial charge in [0.25, 0.3) is 0 Å². The summed E-state index contributed by atoms with van der Waals surface area (Å²) in [5.41, 5.74) is 8.54. The van der Waals surface area contributed by atoms with Crippen molar-refractivity contribution >= 4 is 5.96 Å². The molecule has 0 saturated carbocycles. The Morgan fingerprint density at radius 2 is 1.67 bits per heavy atom. The Bertz CT molecular complexity index is 889. The summed E-state index contributed by atoms with van der Waals surface area (Å²) in [6.45, 7) is 3.25. The predicted octanol–water partition coefficient (Wildman–Crippen LogP) is 3.92. The number of aliphatic imine (C=N–C) groups is 1. The summed E-state index contributed by atoms with van der Waals surface area (Å²) in [5.74, 6) is -0.185. The largest absolute Gasteiger partial charge is 0.370 e. The normalized spacial score (nSPS) is 12.2. The number of hydrogen-bond acceptors (Lipinski definition) is 2. The first-order valence-corrected chi connectivity index (χ1v) is 10.0. The highest BCUT2D eigenvalue weighted by atomic mass is 19.1. The van der Waals surface area contributed by atoms with Crippen LogP contribution in [0, 0.1) is 11.6 Å². The number of aromatic nitrogens is 2. The molecule has 0 bridgehead atoms. The van der Waals surface area contributed by atoms with Crippen molar-refractivity contribution in [1.29, 1.82) is 0 Å². The summed E-state index contributed by atoms with van der Waals surface area (Å²) in [6.07, 6.45) is 5.87. The molecule has 3 rings (SSSR count). The first-order chi connectivity index (χ1) is 14.5. The van der Waals surface area contributed by atoms with Gasteiger partial charge in [-0.05, 0) is 54.7 Å². The van der Waals surface area contributed by atoms with Gasteiger partial charge in [0.15, 0.2) is 5.96 Å². The zero-order valence-corrected chi connectivity index (χ0v) is 17.0. The minimum absolute atomic E-state index is 0.287. The third kappa shape index (κ3) is 5.65. The molecule has 0 atom stereocenters. The van der Waals surface area contributed by atoms with Crippen LogP contribution in [0.1, 0.15) is 36.6 Å². The molecular weight excluding hydrogens is 384 g/mol. The average molecular weight is 412 g/mol. The zero-order valence-electron chi connectivity index (χ0n) is 17.0. The number of imidazole rings is 1. The van der Waals surface area contributed by atoms with Crippen molar-refractivity contribution in [3.05, 3.63) is 89.5 Å². The molecule has 0 fully saturated rings. The van der Waals surface area contributed by atoms with Crippen LogP contribution < -0.4 is 11.1 Å². The highest BCUT2D eigenvalue weighted by Crippen LogP contribution is 2.35. The monoisotopic (exact) mass is 411 g/mol. The van der Waals surface area contributed by atoms with Crippen molar-refractivity contribution in [2.45, 2.75) is 31.6 Å². The molecule has 158 valence electrons. The van der Waals surface area contributed by atoms with Crippen LogP contribution in [0.15, 0.2) is 66.0 Å². The van der Waals surface area contributed by atoms with Gasteiger partial charge in [-0.25, -0.2) is 13.8 Å². The van der Waals surface area contributed by atoms with Crippen molar-refractivity contribution in [3.63, 3.8) is 0 Å². The molecule has 0 aliphatic carbocycles. The Morgan fingerprint density at radius 3 is 2.20 bits per heavy atom. The Labute approximate surface area is 175 Å². The van der Waals surface area contributed by atoms with E-state index >= 15 is 0 Å². The van der Waals surface area contributed by atoms with Crippen LogP contribution in [0.2, 0.25) is 0 Å². The van der Waals surface area contributed by atoms with Crippen LogP contribution in [-0.2, 0) is 11.8 Å². The molecule has 0 aliphatic heterocycles. The van der Waals surface area contributed by atoms with Crippen molar-refractivity contribution in [2.24, 2.45) is 10.7 Å². The minimum Gasteiger partial charge on any atom is -0.370 e. The predicted molar refractivity (Wildman–Crippen MR) is 115 cm³/mol. The molecule has 0 spiro atoms. The summed E-state index contributed by atoms with van der Waals surface area (Å²) in [7, 11) is 0. The molecule has 0 radical (unpaired) electrons. The number of rotatable bonds is 9. The number of aryl methyl sites for hydroxylation is 1. The fraction of sp³-hybridized carbons (Fsp3) is 0.304. The lowest BCUT2D eigenvalue weighted by Gasteiger charge is -2.31. The molecule has 0 saturated heterocycles. The highest BCUT2D eigenvalue weighted by Gasteiger charge is 2.28. The van der Waals surface area contributed by atoms with Crippen LogP contribution in [0.4, 0.5) is 8.78 Å². The third-order valence-corrected chi connectivity index (χ3v) is 5.34. The number of nitrogens with zero attached hydrogens (tertiary/aromatic N) is 2. The number of nitrogens with one attached hydrogen (secondary N) is 2. The summed E-state index contributed by atoms with van der Waals surface area (Å²) < 4.78 is 26.9. The van der Waals surface area contributed by atoms with E-state index in [1.807, 2.05) is 0 Å². The van der Waals surface area contributed by atoms with Crippen molar-refractivity contribution in [2.75, 3.05) is 13.1 Å². The van der Waals surface area contributed by atoms with Gasteiger partial charge in [0.05, 0.1) is 6.33 Å². The van der Waals surface area contributed by atoms with E-state index in [0.29, 0.717) is 25.5 Å². The lowest BCUT2D eigenvalue weighted by atomic mass is 9.74. The number of nitrogens with two attached hydrogens (primary N) is 1. The minimum atomic E-state index is -0.435. The van der Waals surface area contributed by atoms with E-state index in [1.165, 1.54) is 24.3 Å². The van der Waals surface area contributed by atoms with Gasteiger partial charge in [-0.3, -0.25) is 4.99 Å². The van der Waals surface area contributed by atoms with E-state index in [1.54, 1.807) is 36.8 Å². The molecule has 1 aromatic heterocycles. The number of halogens is 2. The van der Waals surface area contributed by atoms with E-state index in [4.69, 9.17) is 5.73 Å². The van der Waals surface area contributed by atoms with Gasteiger partial charge < -0.3 is 16.0 Å². The lowest BCUT2D eigenvalue weighted by Crippen LogP contribution is -2.36. The molecule has 5 nitrogen and oxygen atoms in total. The van der Waals surface area contributed by atoms with Gasteiger partial charge in [-0.15, -0.1) is 0 Å². The first-order valence-electron chi connectivity index (χ1n) is 10.0. The number of benzene rings is 2. The van der Waals surface area contributed by atoms with Gasteiger partial charge >= 0.3 is 0 Å². The Balaban J connectivity index is 1.61. The summed E-state index contributed by atoms with van der Waals surface area (Å²) in [5, 5.41) is 3.15. The van der Waals surface area contributed by atoms with Crippen molar-refractivity contribution in [1.82, 2.24) is 15.3 Å². The van der Waals surface area contributed by atoms with Crippen molar-refractivity contribution < 1.29 is 8.78 Å². The van der Waals surface area contributed by atoms with E-state index in [-0.39, 0.29) is 11.6 Å². The fourth-order valence-electron chi connectivity index (χ4n) is 3.48. The maximum atomic E-state index is 13.4. The average Bonchev–Trinajstić information content (AvgIpc) is 3.25. The lowest BCUT2D eigenvalue weighted by molar-refractivity contribution is 0.511. The van der Waals surface area contributed by atoms with Crippen LogP contribution in [0.25, 0.3) is 0 Å². The summed E-state index contributed by atoms with van der Waals surface area (Å²) in [6, 6.07) is 12.9. The maximum Gasteiger partial charge on any atom is 0.188 e. The molecule has 4 N–H and O–H groups in total. The molecule has 7 heteroatoms. The zero-order chi connectivity index (χ0) is 21.4. The van der Waals surface area contributed by atoms with Gasteiger partial charge in [0.2, 0.25) is 0 Å². The molecular formula is C23H27F2N5. The molecule has 3 aromatic rings. The number of hydrogen-bond donors (Lipinski definition) is 3. The van der Waals surface area contributed by atoms with E-state index < -0.39 is 5.41 Å². The number of guanidine groups is 1. The Kier molecular flexibility index (Phi) is 7.17. The number of H-pyrrole nitrogens is 1. The van der Waals surface area contributed by atoms with Gasteiger partial charge in [-0.1, -0.05) is 31.2 Å². The molecule has 1 heterocycles.